The first-order valence-corrected chi connectivity index (χ1v) is 16.0. The minimum absolute atomic E-state index is 1.24. The van der Waals surface area contributed by atoms with Crippen LogP contribution in [0.3, 0.4) is 0 Å². The van der Waals surface area contributed by atoms with Crippen LogP contribution in [0.1, 0.15) is 0 Å². The van der Waals surface area contributed by atoms with E-state index in [1.54, 1.807) is 0 Å². The molecule has 0 amide bonds. The van der Waals surface area contributed by atoms with Gasteiger partial charge in [-0.15, -0.1) is 0 Å². The summed E-state index contributed by atoms with van der Waals surface area (Å²) in [6, 6.07) is 62.7. The molecular formula is C46H28. The summed E-state index contributed by atoms with van der Waals surface area (Å²) >= 11 is 0. The maximum absolute atomic E-state index is 2.45. The van der Waals surface area contributed by atoms with Gasteiger partial charge in [0.2, 0.25) is 0 Å². The Kier molecular flexibility index (Phi) is 5.38. The fourth-order valence-electron chi connectivity index (χ4n) is 7.96. The second kappa shape index (κ2) is 9.76. The summed E-state index contributed by atoms with van der Waals surface area (Å²) in [6.45, 7) is 0. The quantitative estimate of drug-likeness (QED) is 0.144. The highest BCUT2D eigenvalue weighted by atomic mass is 14.3. The molecule has 46 heavy (non-hydrogen) atoms. The lowest BCUT2D eigenvalue weighted by Crippen LogP contribution is -1.94. The first-order chi connectivity index (χ1) is 22.8. The van der Waals surface area contributed by atoms with Gasteiger partial charge in [-0.2, -0.15) is 0 Å². The van der Waals surface area contributed by atoms with E-state index in [1.165, 1.54) is 98.7 Å². The molecule has 1 aliphatic carbocycles. The second-order valence-corrected chi connectivity index (χ2v) is 12.4. The highest BCUT2D eigenvalue weighted by Crippen LogP contribution is 2.58. The van der Waals surface area contributed by atoms with E-state index in [9.17, 15) is 0 Å². The summed E-state index contributed by atoms with van der Waals surface area (Å²) in [7, 11) is 0. The molecule has 0 nitrogen and oxygen atoms in total. The van der Waals surface area contributed by atoms with Gasteiger partial charge >= 0.3 is 0 Å². The summed E-state index contributed by atoms with van der Waals surface area (Å²) in [5.74, 6) is 0. The van der Waals surface area contributed by atoms with Crippen LogP contribution in [-0.4, -0.2) is 0 Å². The third kappa shape index (κ3) is 3.62. The molecule has 0 aliphatic heterocycles. The molecule has 1 aliphatic rings. The predicted molar refractivity (Wildman–Crippen MR) is 197 cm³/mol. The van der Waals surface area contributed by atoms with Crippen LogP contribution in [0, 0.1) is 0 Å². The molecule has 212 valence electrons. The van der Waals surface area contributed by atoms with E-state index in [4.69, 9.17) is 0 Å². The number of fused-ring (bicyclic) bond motifs is 7. The lowest BCUT2D eigenvalue weighted by molar-refractivity contribution is 1.62. The highest BCUT2D eigenvalue weighted by molar-refractivity contribution is 6.31. The van der Waals surface area contributed by atoms with Crippen molar-refractivity contribution in [2.24, 2.45) is 0 Å². The van der Waals surface area contributed by atoms with E-state index in [0.717, 1.165) is 0 Å². The van der Waals surface area contributed by atoms with Gasteiger partial charge in [-0.1, -0.05) is 146 Å². The van der Waals surface area contributed by atoms with Crippen LogP contribution in [0.25, 0.3) is 98.7 Å². The molecule has 0 heterocycles. The van der Waals surface area contributed by atoms with E-state index in [1.807, 2.05) is 0 Å². The summed E-state index contributed by atoms with van der Waals surface area (Å²) in [5.41, 5.74) is 12.9. The first kappa shape index (κ1) is 25.4. The molecule has 0 unspecified atom stereocenters. The lowest BCUT2D eigenvalue weighted by atomic mass is 9.81. The number of hydrogen-bond acceptors (Lipinski definition) is 0. The van der Waals surface area contributed by atoms with E-state index in [-0.39, 0.29) is 0 Å². The molecule has 0 atom stereocenters. The van der Waals surface area contributed by atoms with Crippen molar-refractivity contribution in [3.8, 4) is 55.6 Å². The maximum atomic E-state index is 2.45. The van der Waals surface area contributed by atoms with Crippen molar-refractivity contribution in [3.63, 3.8) is 0 Å². The Balaban J connectivity index is 1.43. The molecule has 10 rings (SSSR count). The zero-order chi connectivity index (χ0) is 30.2. The Labute approximate surface area is 267 Å². The normalized spacial score (nSPS) is 11.9. The van der Waals surface area contributed by atoms with E-state index < -0.39 is 0 Å². The Morgan fingerprint density at radius 2 is 0.804 bits per heavy atom. The van der Waals surface area contributed by atoms with E-state index in [0.29, 0.717) is 0 Å². The Bertz CT molecular complexity index is 2650. The Hall–Kier alpha value is -5.98. The average molecular weight is 581 g/mol. The summed E-state index contributed by atoms with van der Waals surface area (Å²) in [5, 5.41) is 10.3. The number of hydrogen-bond donors (Lipinski definition) is 0. The van der Waals surface area contributed by atoms with Gasteiger partial charge in [-0.25, -0.2) is 0 Å². The maximum Gasteiger partial charge on any atom is -0.000719 e. The van der Waals surface area contributed by atoms with Crippen molar-refractivity contribution >= 4 is 43.1 Å². The molecule has 0 heteroatoms. The van der Waals surface area contributed by atoms with E-state index in [2.05, 4.69) is 170 Å². The smallest absolute Gasteiger partial charge is 0.000719 e. The number of rotatable bonds is 3. The Morgan fingerprint density at radius 3 is 1.50 bits per heavy atom. The highest BCUT2D eigenvalue weighted by Gasteiger charge is 2.31. The third-order valence-electron chi connectivity index (χ3n) is 9.92. The molecule has 0 aromatic heterocycles. The van der Waals surface area contributed by atoms with Crippen molar-refractivity contribution in [1.82, 2.24) is 0 Å². The summed E-state index contributed by atoms with van der Waals surface area (Å²) in [6.07, 6.45) is 0. The topological polar surface area (TPSA) is 0 Å². The van der Waals surface area contributed by atoms with Crippen LogP contribution in [0.15, 0.2) is 170 Å². The van der Waals surface area contributed by atoms with Gasteiger partial charge in [0, 0.05) is 0 Å². The molecule has 0 radical (unpaired) electrons. The van der Waals surface area contributed by atoms with Gasteiger partial charge in [-0.05, 0) is 123 Å². The average Bonchev–Trinajstić information content (AvgIpc) is 3.45. The van der Waals surface area contributed by atoms with Gasteiger partial charge in [0.1, 0.15) is 0 Å². The number of benzene rings is 9. The van der Waals surface area contributed by atoms with Crippen LogP contribution in [-0.2, 0) is 0 Å². The lowest BCUT2D eigenvalue weighted by Gasteiger charge is -2.21. The standard InChI is InChI=1S/C46H28/c1-4-13-29(14-5-1)32-23-24-33-26-39-40(28-35(33)25-32)43(31-17-8-3-9-18-31)46-41-27-34-19-10-11-20-36(34)37-21-12-22-38(44(37)41)45(46)42(39)30-15-6-2-7-16-30/h1-28H. The largest absolute Gasteiger partial charge is 0.0622 e. The molecule has 9 aromatic carbocycles. The minimum atomic E-state index is 1.24. The van der Waals surface area contributed by atoms with Crippen LogP contribution in [0.5, 0.6) is 0 Å². The molecular weight excluding hydrogens is 553 g/mol. The van der Waals surface area contributed by atoms with Gasteiger partial charge in [0.15, 0.2) is 0 Å². The zero-order valence-corrected chi connectivity index (χ0v) is 25.2. The summed E-state index contributed by atoms with van der Waals surface area (Å²) < 4.78 is 0. The van der Waals surface area contributed by atoms with Crippen LogP contribution in [0.2, 0.25) is 0 Å². The fourth-order valence-corrected chi connectivity index (χ4v) is 7.96. The fraction of sp³-hybridized carbons (Fsp3) is 0. The Morgan fingerprint density at radius 1 is 0.239 bits per heavy atom. The predicted octanol–water partition coefficient (Wildman–Crippen LogP) is 12.9. The monoisotopic (exact) mass is 580 g/mol. The molecule has 0 saturated carbocycles. The molecule has 0 N–H and O–H groups in total. The molecule has 0 saturated heterocycles. The van der Waals surface area contributed by atoms with Gasteiger partial charge in [0.05, 0.1) is 0 Å². The third-order valence-corrected chi connectivity index (χ3v) is 9.92. The van der Waals surface area contributed by atoms with Crippen molar-refractivity contribution in [3.05, 3.63) is 170 Å². The first-order valence-electron chi connectivity index (χ1n) is 16.0. The van der Waals surface area contributed by atoms with Crippen molar-refractivity contribution in [1.29, 1.82) is 0 Å². The van der Waals surface area contributed by atoms with Crippen LogP contribution >= 0.6 is 0 Å². The van der Waals surface area contributed by atoms with E-state index >= 15 is 0 Å². The van der Waals surface area contributed by atoms with Gasteiger partial charge in [0.25, 0.3) is 0 Å². The van der Waals surface area contributed by atoms with Crippen LogP contribution < -0.4 is 0 Å². The zero-order valence-electron chi connectivity index (χ0n) is 25.2. The molecule has 0 fully saturated rings. The molecule has 9 aromatic rings. The van der Waals surface area contributed by atoms with Crippen molar-refractivity contribution < 1.29 is 0 Å². The molecule has 0 bridgehead atoms. The van der Waals surface area contributed by atoms with Crippen molar-refractivity contribution in [2.45, 2.75) is 0 Å². The van der Waals surface area contributed by atoms with Crippen LogP contribution in [0.4, 0.5) is 0 Å². The van der Waals surface area contributed by atoms with Gasteiger partial charge < -0.3 is 0 Å². The molecule has 0 spiro atoms. The van der Waals surface area contributed by atoms with Gasteiger partial charge in [-0.3, -0.25) is 0 Å². The summed E-state index contributed by atoms with van der Waals surface area (Å²) in [4.78, 5) is 0. The second-order valence-electron chi connectivity index (χ2n) is 12.4. The van der Waals surface area contributed by atoms with Crippen molar-refractivity contribution in [2.75, 3.05) is 0 Å². The minimum Gasteiger partial charge on any atom is -0.0622 e. The SMILES string of the molecule is c1ccc(-c2ccc3cc4c(-c5ccccc5)c5c(c(-c6ccccc6)c4cc3c2)-c2cc3ccccc3c3cccc-5c23)cc1.